The maximum Gasteiger partial charge on any atom is 0.416 e. The van der Waals surface area contributed by atoms with Crippen LogP contribution in [0.5, 0.6) is 0 Å². The lowest BCUT2D eigenvalue weighted by molar-refractivity contribution is -0.137. The van der Waals surface area contributed by atoms with E-state index in [0.717, 1.165) is 24.4 Å². The molecule has 2 heterocycles. The van der Waals surface area contributed by atoms with Crippen molar-refractivity contribution < 1.29 is 18.0 Å². The summed E-state index contributed by atoms with van der Waals surface area (Å²) >= 11 is 3.17. The van der Waals surface area contributed by atoms with Crippen molar-refractivity contribution >= 4 is 27.5 Å². The zero-order chi connectivity index (χ0) is 24.5. The Balaban J connectivity index is 1.52. The van der Waals surface area contributed by atoms with Crippen LogP contribution in [0.15, 0.2) is 64.9 Å². The highest BCUT2D eigenvalue weighted by atomic mass is 79.9. The third-order valence-corrected chi connectivity index (χ3v) is 6.96. The number of likely N-dealkylation sites (tertiary alicyclic amines) is 1. The van der Waals surface area contributed by atoms with Crippen LogP contribution in [0, 0.1) is 5.92 Å². The number of halogens is 4. The molecule has 0 radical (unpaired) electrons. The average molecular weight is 538 g/mol. The summed E-state index contributed by atoms with van der Waals surface area (Å²) in [6.07, 6.45) is -1.25. The molecule has 2 aromatic carbocycles. The molecule has 2 aliphatic heterocycles. The minimum Gasteiger partial charge on any atom is -0.325 e. The average Bonchev–Trinajstić information content (AvgIpc) is 3.22. The lowest BCUT2D eigenvalue weighted by atomic mass is 9.84. The van der Waals surface area contributed by atoms with Crippen LogP contribution in [-0.4, -0.2) is 34.9 Å². The fraction of sp³-hybridized carbons (Fsp3) is 0.375. The van der Waals surface area contributed by atoms with Crippen LogP contribution < -0.4 is 16.3 Å². The molecule has 0 aliphatic carbocycles. The number of carbonyl (C=O) groups is 1. The summed E-state index contributed by atoms with van der Waals surface area (Å²) in [6, 6.07) is 13.5. The zero-order valence-corrected chi connectivity index (χ0v) is 20.5. The van der Waals surface area contributed by atoms with E-state index < -0.39 is 11.7 Å². The van der Waals surface area contributed by atoms with Crippen LogP contribution in [0.1, 0.15) is 30.9 Å². The number of hydrogen-bond donors (Lipinski definition) is 3. The fourth-order valence-electron chi connectivity index (χ4n) is 4.56. The van der Waals surface area contributed by atoms with Crippen molar-refractivity contribution in [1.82, 2.24) is 20.9 Å². The molecule has 6 nitrogen and oxygen atoms in total. The molecule has 1 saturated heterocycles. The van der Waals surface area contributed by atoms with Gasteiger partial charge in [-0.2, -0.15) is 13.2 Å². The van der Waals surface area contributed by atoms with E-state index in [1.165, 1.54) is 11.6 Å². The van der Waals surface area contributed by atoms with E-state index in [9.17, 15) is 18.0 Å². The topological polar surface area (TPSA) is 59.6 Å². The SMILES string of the molecule is C[C@H]1CC(C(=O)Nc2ccc(C(F)(F)F)cc2Br)C[C@@H](C2=CN(C)NN2)N1Cc1ccccc1. The molecule has 182 valence electrons. The first-order valence-electron chi connectivity index (χ1n) is 11.1. The van der Waals surface area contributed by atoms with E-state index in [0.29, 0.717) is 18.5 Å². The quantitative estimate of drug-likeness (QED) is 0.507. The van der Waals surface area contributed by atoms with Crippen molar-refractivity contribution in [2.45, 2.75) is 44.6 Å². The number of anilines is 1. The van der Waals surface area contributed by atoms with E-state index >= 15 is 0 Å². The van der Waals surface area contributed by atoms with Crippen molar-refractivity contribution in [3.63, 3.8) is 0 Å². The molecule has 3 N–H and O–H groups in total. The summed E-state index contributed by atoms with van der Waals surface area (Å²) < 4.78 is 39.1. The van der Waals surface area contributed by atoms with Crippen molar-refractivity contribution in [2.24, 2.45) is 5.92 Å². The second kappa shape index (κ2) is 9.97. The number of amides is 1. The predicted molar refractivity (Wildman–Crippen MR) is 128 cm³/mol. The third kappa shape index (κ3) is 5.56. The number of carbonyl (C=O) groups excluding carboxylic acids is 1. The minimum absolute atomic E-state index is 0.0341. The summed E-state index contributed by atoms with van der Waals surface area (Å²) in [5, 5.41) is 4.65. The lowest BCUT2D eigenvalue weighted by Gasteiger charge is -2.44. The van der Waals surface area contributed by atoms with Crippen LogP contribution in [0.3, 0.4) is 0 Å². The molecule has 0 bridgehead atoms. The number of hydrogen-bond acceptors (Lipinski definition) is 5. The molecular weight excluding hydrogens is 511 g/mol. The van der Waals surface area contributed by atoms with Crippen LogP contribution in [-0.2, 0) is 17.5 Å². The van der Waals surface area contributed by atoms with Gasteiger partial charge in [0.25, 0.3) is 0 Å². The maximum atomic E-state index is 13.2. The lowest BCUT2D eigenvalue weighted by Crippen LogP contribution is -2.52. The number of alkyl halides is 3. The van der Waals surface area contributed by atoms with Crippen LogP contribution in [0.4, 0.5) is 18.9 Å². The van der Waals surface area contributed by atoms with Gasteiger partial charge in [0.15, 0.2) is 0 Å². The first kappa shape index (κ1) is 24.6. The number of rotatable bonds is 5. The molecule has 10 heteroatoms. The standard InChI is InChI=1S/C24H27BrF3N5O/c1-15-10-17(23(34)29-20-9-8-18(12-19(20)25)24(26,27)28)11-22(21-14-32(2)31-30-21)33(15)13-16-6-4-3-5-7-16/h3-9,12,14-15,17,22,30-31H,10-11,13H2,1-2H3,(H,29,34)/t15-,17?,22-/m0/s1. The van der Waals surface area contributed by atoms with Crippen molar-refractivity contribution in [3.05, 3.63) is 76.0 Å². The normalized spacial score (nSPS) is 23.4. The van der Waals surface area contributed by atoms with E-state index in [4.69, 9.17) is 0 Å². The van der Waals surface area contributed by atoms with Gasteiger partial charge in [0.2, 0.25) is 5.91 Å². The second-order valence-electron chi connectivity index (χ2n) is 8.80. The van der Waals surface area contributed by atoms with Crippen LogP contribution in [0.25, 0.3) is 0 Å². The molecule has 1 fully saturated rings. The Morgan fingerprint density at radius 1 is 1.18 bits per heavy atom. The van der Waals surface area contributed by atoms with Crippen molar-refractivity contribution in [1.29, 1.82) is 0 Å². The Hall–Kier alpha value is -2.56. The molecule has 4 rings (SSSR count). The van der Waals surface area contributed by atoms with Gasteiger partial charge in [0.05, 0.1) is 23.0 Å². The zero-order valence-electron chi connectivity index (χ0n) is 18.9. The van der Waals surface area contributed by atoms with Gasteiger partial charge in [-0.3, -0.25) is 14.7 Å². The molecule has 2 aliphatic rings. The van der Waals surface area contributed by atoms with Crippen molar-refractivity contribution in [2.75, 3.05) is 12.4 Å². The highest BCUT2D eigenvalue weighted by Gasteiger charge is 2.39. The largest absolute Gasteiger partial charge is 0.416 e. The van der Waals surface area contributed by atoms with Gasteiger partial charge < -0.3 is 10.7 Å². The molecule has 1 amide bonds. The van der Waals surface area contributed by atoms with Gasteiger partial charge in [0.1, 0.15) is 0 Å². The molecule has 0 aromatic heterocycles. The fourth-order valence-corrected chi connectivity index (χ4v) is 5.04. The first-order chi connectivity index (χ1) is 16.1. The van der Waals surface area contributed by atoms with Crippen LogP contribution >= 0.6 is 15.9 Å². The number of benzene rings is 2. The summed E-state index contributed by atoms with van der Waals surface area (Å²) in [6.45, 7) is 2.85. The van der Waals surface area contributed by atoms with Gasteiger partial charge in [-0.15, -0.1) is 5.53 Å². The number of hydrazine groups is 2. The summed E-state index contributed by atoms with van der Waals surface area (Å²) in [5.41, 5.74) is 7.96. The Morgan fingerprint density at radius 3 is 2.53 bits per heavy atom. The van der Waals surface area contributed by atoms with Gasteiger partial charge >= 0.3 is 6.18 Å². The highest BCUT2D eigenvalue weighted by Crippen LogP contribution is 2.36. The molecule has 1 unspecified atom stereocenters. The van der Waals surface area contributed by atoms with E-state index in [1.807, 2.05) is 36.5 Å². The van der Waals surface area contributed by atoms with Gasteiger partial charge in [0, 0.05) is 36.2 Å². The Labute approximate surface area is 205 Å². The summed E-state index contributed by atoms with van der Waals surface area (Å²) in [5.74, 6) is -0.494. The number of piperidine rings is 1. The second-order valence-corrected chi connectivity index (χ2v) is 9.66. The highest BCUT2D eigenvalue weighted by molar-refractivity contribution is 9.10. The van der Waals surface area contributed by atoms with Gasteiger partial charge in [-0.25, -0.2) is 0 Å². The molecule has 3 atom stereocenters. The van der Waals surface area contributed by atoms with Gasteiger partial charge in [-0.1, -0.05) is 30.3 Å². The Bertz CT molecular complexity index is 1060. The van der Waals surface area contributed by atoms with E-state index in [2.05, 4.69) is 56.2 Å². The third-order valence-electron chi connectivity index (χ3n) is 6.30. The number of nitrogens with zero attached hydrogens (tertiary/aromatic N) is 2. The smallest absolute Gasteiger partial charge is 0.325 e. The van der Waals surface area contributed by atoms with Gasteiger partial charge in [-0.05, 0) is 59.5 Å². The first-order valence-corrected chi connectivity index (χ1v) is 11.8. The molecular formula is C24H27BrF3N5O. The Morgan fingerprint density at radius 2 is 1.91 bits per heavy atom. The molecule has 34 heavy (non-hydrogen) atoms. The minimum atomic E-state index is -4.44. The monoisotopic (exact) mass is 537 g/mol. The maximum absolute atomic E-state index is 13.2. The van der Waals surface area contributed by atoms with Crippen molar-refractivity contribution in [3.8, 4) is 0 Å². The van der Waals surface area contributed by atoms with Crippen LogP contribution in [0.2, 0.25) is 0 Å². The predicted octanol–water partition coefficient (Wildman–Crippen LogP) is 4.87. The molecule has 2 aromatic rings. The summed E-state index contributed by atoms with van der Waals surface area (Å²) in [4.78, 5) is 15.6. The van der Waals surface area contributed by atoms with E-state index in [-0.39, 0.29) is 28.4 Å². The molecule has 0 saturated carbocycles. The summed E-state index contributed by atoms with van der Waals surface area (Å²) in [7, 11) is 1.89. The molecule has 0 spiro atoms. The van der Waals surface area contributed by atoms with E-state index in [1.54, 1.807) is 0 Å². The Kier molecular flexibility index (Phi) is 7.20. The number of nitrogens with one attached hydrogen (secondary N) is 3.